The van der Waals surface area contributed by atoms with E-state index in [1.165, 1.54) is 11.3 Å². The maximum Gasteiger partial charge on any atom is 0.226 e. The zero-order valence-electron chi connectivity index (χ0n) is 8.99. The molecule has 0 spiro atoms. The van der Waals surface area contributed by atoms with Gasteiger partial charge in [0.05, 0.1) is 0 Å². The number of carbonyl (C=O) groups is 1. The van der Waals surface area contributed by atoms with Gasteiger partial charge in [0.15, 0.2) is 0 Å². The summed E-state index contributed by atoms with van der Waals surface area (Å²) in [6.45, 7) is 4.50. The van der Waals surface area contributed by atoms with E-state index < -0.39 is 0 Å². The van der Waals surface area contributed by atoms with E-state index in [2.05, 4.69) is 15.5 Å². The number of hydrogen-bond acceptors (Lipinski definition) is 5. The van der Waals surface area contributed by atoms with Crippen molar-refractivity contribution >= 4 is 22.4 Å². The molecular weight excluding hydrogens is 212 g/mol. The monoisotopic (exact) mass is 228 g/mol. The van der Waals surface area contributed by atoms with Gasteiger partial charge < -0.3 is 11.1 Å². The van der Waals surface area contributed by atoms with Crippen LogP contribution < -0.4 is 11.1 Å². The van der Waals surface area contributed by atoms with Gasteiger partial charge in [-0.25, -0.2) is 0 Å². The first-order valence-electron chi connectivity index (χ1n) is 4.92. The van der Waals surface area contributed by atoms with E-state index in [1.54, 1.807) is 0 Å². The minimum absolute atomic E-state index is 0.0218. The molecule has 1 aromatic rings. The highest BCUT2D eigenvalue weighted by Gasteiger charge is 2.08. The smallest absolute Gasteiger partial charge is 0.226 e. The van der Waals surface area contributed by atoms with Crippen LogP contribution in [0.2, 0.25) is 0 Å². The lowest BCUT2D eigenvalue weighted by Gasteiger charge is -2.06. The maximum atomic E-state index is 11.4. The molecule has 0 aliphatic heterocycles. The van der Waals surface area contributed by atoms with Crippen molar-refractivity contribution in [3.05, 3.63) is 5.01 Å². The largest absolute Gasteiger partial charge is 0.330 e. The van der Waals surface area contributed by atoms with Crippen molar-refractivity contribution in [1.82, 2.24) is 10.2 Å². The number of hydrogen-bond donors (Lipinski definition) is 2. The molecule has 1 rings (SSSR count). The predicted octanol–water partition coefficient (Wildman–Crippen LogP) is 1.16. The molecular formula is C9H16N4OS. The molecule has 6 heteroatoms. The molecule has 0 saturated carbocycles. The Bertz CT molecular complexity index is 326. The molecule has 1 aromatic heterocycles. The fourth-order valence-corrected chi connectivity index (χ4v) is 1.63. The van der Waals surface area contributed by atoms with Crippen LogP contribution in [0.5, 0.6) is 0 Å². The van der Waals surface area contributed by atoms with Crippen molar-refractivity contribution in [2.45, 2.75) is 26.7 Å². The van der Waals surface area contributed by atoms with Crippen molar-refractivity contribution in [3.8, 4) is 0 Å². The molecule has 5 nitrogen and oxygen atoms in total. The van der Waals surface area contributed by atoms with Gasteiger partial charge in [-0.1, -0.05) is 18.3 Å². The highest BCUT2D eigenvalue weighted by Crippen LogP contribution is 2.14. The zero-order chi connectivity index (χ0) is 11.3. The molecule has 84 valence electrons. The lowest BCUT2D eigenvalue weighted by molar-refractivity contribution is -0.116. The quantitative estimate of drug-likeness (QED) is 0.792. The molecule has 1 unspecified atom stereocenters. The van der Waals surface area contributed by atoms with E-state index in [-0.39, 0.29) is 5.91 Å². The van der Waals surface area contributed by atoms with E-state index in [4.69, 9.17) is 5.73 Å². The summed E-state index contributed by atoms with van der Waals surface area (Å²) in [6, 6.07) is 0. The van der Waals surface area contributed by atoms with Crippen LogP contribution in [0.3, 0.4) is 0 Å². The number of amides is 1. The highest BCUT2D eigenvalue weighted by atomic mass is 32.1. The highest BCUT2D eigenvalue weighted by molar-refractivity contribution is 7.15. The normalized spacial score (nSPS) is 12.5. The molecule has 1 amide bonds. The first kappa shape index (κ1) is 12.1. The van der Waals surface area contributed by atoms with Gasteiger partial charge in [-0.3, -0.25) is 4.79 Å². The van der Waals surface area contributed by atoms with Gasteiger partial charge in [0.1, 0.15) is 5.01 Å². The van der Waals surface area contributed by atoms with Gasteiger partial charge in [0.25, 0.3) is 0 Å². The Morgan fingerprint density at radius 2 is 2.33 bits per heavy atom. The topological polar surface area (TPSA) is 80.9 Å². The second kappa shape index (κ2) is 5.77. The molecule has 0 radical (unpaired) electrons. The van der Waals surface area contributed by atoms with Crippen LogP contribution in [0.1, 0.15) is 24.8 Å². The van der Waals surface area contributed by atoms with Crippen LogP contribution in [0.15, 0.2) is 0 Å². The second-order valence-electron chi connectivity index (χ2n) is 3.55. The standard InChI is InChI=1S/C9H16N4OS/c1-6(5-10)3-4-8(14)11-9-13-12-7(2)15-9/h6H,3-5,10H2,1-2H3,(H,11,13,14). The van der Waals surface area contributed by atoms with Gasteiger partial charge in [0.2, 0.25) is 11.0 Å². The minimum Gasteiger partial charge on any atom is -0.330 e. The van der Waals surface area contributed by atoms with Crippen molar-refractivity contribution in [2.24, 2.45) is 11.7 Å². The average Bonchev–Trinajstić information content (AvgIpc) is 2.60. The van der Waals surface area contributed by atoms with E-state index in [0.29, 0.717) is 24.0 Å². The fourth-order valence-electron chi connectivity index (χ4n) is 1.02. The van der Waals surface area contributed by atoms with Gasteiger partial charge in [-0.15, -0.1) is 10.2 Å². The van der Waals surface area contributed by atoms with E-state index in [1.807, 2.05) is 13.8 Å². The number of aromatic nitrogens is 2. The summed E-state index contributed by atoms with van der Waals surface area (Å²) < 4.78 is 0. The predicted molar refractivity (Wildman–Crippen MR) is 60.7 cm³/mol. The Morgan fingerprint density at radius 1 is 1.60 bits per heavy atom. The van der Waals surface area contributed by atoms with Crippen molar-refractivity contribution in [3.63, 3.8) is 0 Å². The molecule has 0 fully saturated rings. The van der Waals surface area contributed by atoms with Crippen LogP contribution in [0, 0.1) is 12.8 Å². The average molecular weight is 228 g/mol. The van der Waals surface area contributed by atoms with Crippen molar-refractivity contribution in [1.29, 1.82) is 0 Å². The molecule has 0 aliphatic carbocycles. The third kappa shape index (κ3) is 4.35. The van der Waals surface area contributed by atoms with E-state index in [0.717, 1.165) is 11.4 Å². The Hall–Kier alpha value is -1.01. The second-order valence-corrected chi connectivity index (χ2v) is 4.74. The summed E-state index contributed by atoms with van der Waals surface area (Å²) in [5.41, 5.74) is 5.46. The SMILES string of the molecule is Cc1nnc(NC(=O)CCC(C)CN)s1. The molecule has 0 bridgehead atoms. The number of nitrogens with two attached hydrogens (primary N) is 1. The fraction of sp³-hybridized carbons (Fsp3) is 0.667. The summed E-state index contributed by atoms with van der Waals surface area (Å²) in [7, 11) is 0. The van der Waals surface area contributed by atoms with E-state index in [9.17, 15) is 4.79 Å². The summed E-state index contributed by atoms with van der Waals surface area (Å²) in [5.74, 6) is 0.360. The number of aryl methyl sites for hydroxylation is 1. The lowest BCUT2D eigenvalue weighted by Crippen LogP contribution is -2.16. The Labute approximate surface area is 93.1 Å². The zero-order valence-corrected chi connectivity index (χ0v) is 9.80. The summed E-state index contributed by atoms with van der Waals surface area (Å²) >= 11 is 1.38. The molecule has 3 N–H and O–H groups in total. The Morgan fingerprint density at radius 3 is 2.87 bits per heavy atom. The van der Waals surface area contributed by atoms with Gasteiger partial charge >= 0.3 is 0 Å². The molecule has 0 saturated heterocycles. The van der Waals surface area contributed by atoms with Crippen LogP contribution in [0.4, 0.5) is 5.13 Å². The number of rotatable bonds is 5. The van der Waals surface area contributed by atoms with Gasteiger partial charge in [-0.05, 0) is 25.8 Å². The van der Waals surface area contributed by atoms with Gasteiger partial charge in [-0.2, -0.15) is 0 Å². The lowest BCUT2D eigenvalue weighted by atomic mass is 10.1. The number of nitrogens with zero attached hydrogens (tertiary/aromatic N) is 2. The Kier molecular flexibility index (Phi) is 4.64. The van der Waals surface area contributed by atoms with Gasteiger partial charge in [0, 0.05) is 6.42 Å². The Balaban J connectivity index is 2.30. The van der Waals surface area contributed by atoms with Crippen molar-refractivity contribution in [2.75, 3.05) is 11.9 Å². The minimum atomic E-state index is -0.0218. The van der Waals surface area contributed by atoms with Crippen LogP contribution in [-0.2, 0) is 4.79 Å². The maximum absolute atomic E-state index is 11.4. The van der Waals surface area contributed by atoms with Crippen molar-refractivity contribution < 1.29 is 4.79 Å². The number of anilines is 1. The first-order valence-corrected chi connectivity index (χ1v) is 5.73. The summed E-state index contributed by atoms with van der Waals surface area (Å²) in [4.78, 5) is 11.4. The van der Waals surface area contributed by atoms with Crippen LogP contribution in [0.25, 0.3) is 0 Å². The summed E-state index contributed by atoms with van der Waals surface area (Å²) in [5, 5.41) is 11.8. The van der Waals surface area contributed by atoms with Crippen LogP contribution >= 0.6 is 11.3 Å². The van der Waals surface area contributed by atoms with Crippen LogP contribution in [-0.4, -0.2) is 22.6 Å². The first-order chi connectivity index (χ1) is 7.11. The molecule has 1 atom stereocenters. The molecule has 1 heterocycles. The molecule has 0 aliphatic rings. The summed E-state index contributed by atoms with van der Waals surface area (Å²) in [6.07, 6.45) is 1.29. The number of carbonyl (C=O) groups excluding carboxylic acids is 1. The third-order valence-electron chi connectivity index (χ3n) is 2.04. The third-order valence-corrected chi connectivity index (χ3v) is 2.79. The van der Waals surface area contributed by atoms with E-state index >= 15 is 0 Å². The molecule has 15 heavy (non-hydrogen) atoms. The molecule has 0 aromatic carbocycles. The number of nitrogens with one attached hydrogen (secondary N) is 1.